The minimum absolute atomic E-state index is 0. The van der Waals surface area contributed by atoms with Crippen LogP contribution in [-0.2, 0) is 27.5 Å². The Hall–Kier alpha value is -3.95. The zero-order valence-electron chi connectivity index (χ0n) is 24.8. The summed E-state index contributed by atoms with van der Waals surface area (Å²) in [6, 6.07) is 30.0. The number of aromatic hydroxyl groups is 1. The molecular weight excluding hydrogens is 714 g/mol. The molecule has 1 aromatic heterocycles. The van der Waals surface area contributed by atoms with Crippen LogP contribution in [0.2, 0.25) is 0 Å². The van der Waals surface area contributed by atoms with E-state index in [1.54, 1.807) is 6.07 Å². The molecule has 6 heteroatoms. The van der Waals surface area contributed by atoms with Crippen LogP contribution in [0.5, 0.6) is 17.4 Å². The van der Waals surface area contributed by atoms with Crippen molar-refractivity contribution < 1.29 is 30.9 Å². The molecule has 0 unspecified atom stereocenters. The summed E-state index contributed by atoms with van der Waals surface area (Å²) < 4.78 is 6.21. The molecule has 2 atom stereocenters. The van der Waals surface area contributed by atoms with Gasteiger partial charge in [0.05, 0.1) is 17.9 Å². The van der Waals surface area contributed by atoms with Gasteiger partial charge >= 0.3 is 0 Å². The number of fused-ring (bicyclic) bond motifs is 4. The van der Waals surface area contributed by atoms with E-state index in [1.807, 2.05) is 36.4 Å². The number of phenolic OH excluding ortho intramolecular Hbond substituents is 1. The molecule has 0 saturated carbocycles. The van der Waals surface area contributed by atoms with Crippen LogP contribution in [0.4, 0.5) is 5.69 Å². The SMILES string of the molecule is Cc1cc(C)c(C)c(N2C(c3[c-]c(Oc4ccc5cccc(O)c5n4)ccc3)=N[C@H]3CCCc4ccccc4[C@H]32)c1C.[Pt]. The van der Waals surface area contributed by atoms with E-state index in [-0.39, 0.29) is 38.9 Å². The average Bonchev–Trinajstić information content (AvgIpc) is 3.25. The third kappa shape index (κ3) is 5.14. The van der Waals surface area contributed by atoms with Gasteiger partial charge in [0, 0.05) is 44.0 Å². The van der Waals surface area contributed by atoms with E-state index in [9.17, 15) is 5.11 Å². The van der Waals surface area contributed by atoms with Crippen molar-refractivity contribution in [1.82, 2.24) is 4.98 Å². The Morgan fingerprint density at radius 1 is 0.884 bits per heavy atom. The number of anilines is 1. The first-order valence-corrected chi connectivity index (χ1v) is 14.7. The summed E-state index contributed by atoms with van der Waals surface area (Å²) >= 11 is 0. The Labute approximate surface area is 267 Å². The van der Waals surface area contributed by atoms with Gasteiger partial charge in [-0.2, -0.15) is 0 Å². The summed E-state index contributed by atoms with van der Waals surface area (Å²) in [6.07, 6.45) is 3.22. The Morgan fingerprint density at radius 3 is 2.47 bits per heavy atom. The maximum atomic E-state index is 10.3. The molecule has 0 fully saturated rings. The maximum Gasteiger partial charge on any atom is 0.217 e. The van der Waals surface area contributed by atoms with E-state index in [0.29, 0.717) is 17.1 Å². The fourth-order valence-electron chi connectivity index (χ4n) is 6.64. The number of pyridine rings is 1. The van der Waals surface area contributed by atoms with E-state index in [2.05, 4.69) is 80.0 Å². The predicted molar refractivity (Wildman–Crippen MR) is 169 cm³/mol. The molecule has 5 nitrogen and oxygen atoms in total. The number of rotatable bonds is 4. The number of ether oxygens (including phenoxy) is 1. The van der Waals surface area contributed by atoms with Gasteiger partial charge in [0.15, 0.2) is 0 Å². The van der Waals surface area contributed by atoms with Crippen molar-refractivity contribution in [2.75, 3.05) is 4.90 Å². The number of nitrogens with zero attached hydrogens (tertiary/aromatic N) is 3. The van der Waals surface area contributed by atoms with Gasteiger partial charge in [0.1, 0.15) is 11.3 Å². The smallest absolute Gasteiger partial charge is 0.217 e. The molecular formula is C37H34N3O2Pt-. The fourth-order valence-corrected chi connectivity index (χ4v) is 6.64. The number of aryl methyl sites for hydroxylation is 3. The zero-order valence-corrected chi connectivity index (χ0v) is 27.1. The molecule has 0 saturated heterocycles. The number of para-hydroxylation sites is 1. The van der Waals surface area contributed by atoms with Gasteiger partial charge in [-0.25, -0.2) is 4.98 Å². The first-order chi connectivity index (χ1) is 20.4. The van der Waals surface area contributed by atoms with Crippen molar-refractivity contribution >= 4 is 22.4 Å². The molecule has 43 heavy (non-hydrogen) atoms. The van der Waals surface area contributed by atoms with E-state index in [0.717, 1.165) is 36.0 Å². The number of phenols is 1. The molecule has 0 amide bonds. The molecule has 1 N–H and O–H groups in total. The normalized spacial score (nSPS) is 17.5. The van der Waals surface area contributed by atoms with Gasteiger partial charge in [-0.3, -0.25) is 0 Å². The van der Waals surface area contributed by atoms with Crippen LogP contribution < -0.4 is 9.64 Å². The number of benzene rings is 4. The second kappa shape index (κ2) is 11.6. The van der Waals surface area contributed by atoms with Crippen LogP contribution in [0.3, 0.4) is 0 Å². The van der Waals surface area contributed by atoms with Gasteiger partial charge in [-0.05, 0) is 92.5 Å². The third-order valence-electron chi connectivity index (χ3n) is 8.94. The summed E-state index contributed by atoms with van der Waals surface area (Å²) in [5, 5.41) is 11.2. The minimum Gasteiger partial charge on any atom is -0.506 e. The summed E-state index contributed by atoms with van der Waals surface area (Å²) in [5.74, 6) is 2.01. The number of hydrogen-bond donors (Lipinski definition) is 1. The van der Waals surface area contributed by atoms with Gasteiger partial charge in [0.25, 0.3) is 0 Å². The van der Waals surface area contributed by atoms with Gasteiger partial charge in [-0.15, -0.1) is 23.8 Å². The van der Waals surface area contributed by atoms with Crippen molar-refractivity contribution in [3.63, 3.8) is 0 Å². The average molecular weight is 748 g/mol. The second-order valence-corrected chi connectivity index (χ2v) is 11.6. The maximum absolute atomic E-state index is 10.3. The largest absolute Gasteiger partial charge is 0.506 e. The standard InChI is InChI=1S/C37H34N3O2.Pt/c1-22-20-23(2)25(4)35(24(22)3)40-36-30-15-6-5-10-26(30)11-8-16-31(36)38-37(40)28-13-7-14-29(21-28)42-33-19-18-27-12-9-17-32(41)34(27)39-33;/h5-7,9-10,12-15,17-20,31,36,41H,8,11,16H2,1-4H3;/q-1;/t31-,36+;/m0./s1. The van der Waals surface area contributed by atoms with Gasteiger partial charge < -0.3 is 19.7 Å². The molecule has 5 aromatic rings. The Bertz CT molecular complexity index is 1860. The Morgan fingerprint density at radius 2 is 1.65 bits per heavy atom. The molecule has 7 rings (SSSR count). The number of aromatic nitrogens is 1. The molecule has 220 valence electrons. The van der Waals surface area contributed by atoms with E-state index in [4.69, 9.17) is 9.73 Å². The van der Waals surface area contributed by atoms with Crippen LogP contribution in [-0.4, -0.2) is 22.0 Å². The van der Waals surface area contributed by atoms with Crippen molar-refractivity contribution in [2.24, 2.45) is 4.99 Å². The van der Waals surface area contributed by atoms with Gasteiger partial charge in [-0.1, -0.05) is 48.5 Å². The van der Waals surface area contributed by atoms with Gasteiger partial charge in [0.2, 0.25) is 5.88 Å². The van der Waals surface area contributed by atoms with Crippen LogP contribution in [0.25, 0.3) is 10.9 Å². The molecule has 2 heterocycles. The second-order valence-electron chi connectivity index (χ2n) is 11.6. The van der Waals surface area contributed by atoms with Crippen LogP contribution in [0, 0.1) is 33.8 Å². The molecule has 4 aromatic carbocycles. The van der Waals surface area contributed by atoms with Crippen LogP contribution in [0.1, 0.15) is 57.8 Å². The summed E-state index contributed by atoms with van der Waals surface area (Å²) in [6.45, 7) is 8.86. The number of hydrogen-bond acceptors (Lipinski definition) is 5. The van der Waals surface area contributed by atoms with Crippen molar-refractivity contribution in [3.05, 3.63) is 124 Å². The minimum atomic E-state index is 0. The Kier molecular flexibility index (Phi) is 7.87. The Balaban J connectivity index is 0.00000329. The molecule has 1 aliphatic carbocycles. The fraction of sp³-hybridized carbons (Fsp3) is 0.243. The number of aliphatic imine (C=N–C) groups is 1. The van der Waals surface area contributed by atoms with Crippen molar-refractivity contribution in [1.29, 1.82) is 0 Å². The van der Waals surface area contributed by atoms with E-state index < -0.39 is 0 Å². The number of amidine groups is 1. The quantitative estimate of drug-likeness (QED) is 0.188. The summed E-state index contributed by atoms with van der Waals surface area (Å²) in [4.78, 5) is 12.5. The van der Waals surface area contributed by atoms with Crippen molar-refractivity contribution in [2.45, 2.75) is 59.0 Å². The predicted octanol–water partition coefficient (Wildman–Crippen LogP) is 8.48. The monoisotopic (exact) mass is 747 g/mol. The third-order valence-corrected chi connectivity index (χ3v) is 8.94. The van der Waals surface area contributed by atoms with Crippen LogP contribution >= 0.6 is 0 Å². The summed E-state index contributed by atoms with van der Waals surface area (Å²) in [7, 11) is 0. The first kappa shape index (κ1) is 29.1. The van der Waals surface area contributed by atoms with E-state index >= 15 is 0 Å². The molecule has 0 bridgehead atoms. The molecule has 0 radical (unpaired) electrons. The van der Waals surface area contributed by atoms with E-state index in [1.165, 1.54) is 39.1 Å². The topological polar surface area (TPSA) is 58.0 Å². The zero-order chi connectivity index (χ0) is 29.0. The molecule has 2 aliphatic rings. The first-order valence-electron chi connectivity index (χ1n) is 14.7. The van der Waals surface area contributed by atoms with Crippen LogP contribution in [0.15, 0.2) is 83.9 Å². The molecule has 1 aliphatic heterocycles. The molecule has 0 spiro atoms. The summed E-state index contributed by atoms with van der Waals surface area (Å²) in [5.41, 5.74) is 10.5. The van der Waals surface area contributed by atoms with Crippen molar-refractivity contribution in [3.8, 4) is 17.4 Å².